The van der Waals surface area contributed by atoms with Crippen LogP contribution in [0.3, 0.4) is 0 Å². The maximum atomic E-state index is 5.63. The SMILES string of the molecule is CC(NC1COCc2ccccc21)c1ccco1. The summed E-state index contributed by atoms with van der Waals surface area (Å²) in [4.78, 5) is 0. The Kier molecular flexibility index (Phi) is 3.17. The molecule has 3 nitrogen and oxygen atoms in total. The maximum absolute atomic E-state index is 5.63. The van der Waals surface area contributed by atoms with Crippen LogP contribution in [0.25, 0.3) is 0 Å². The molecule has 0 saturated carbocycles. The lowest BCUT2D eigenvalue weighted by Gasteiger charge is -2.28. The molecule has 2 atom stereocenters. The van der Waals surface area contributed by atoms with Crippen molar-refractivity contribution in [1.29, 1.82) is 0 Å². The van der Waals surface area contributed by atoms with Crippen molar-refractivity contribution in [2.75, 3.05) is 6.61 Å². The summed E-state index contributed by atoms with van der Waals surface area (Å²) >= 11 is 0. The largest absolute Gasteiger partial charge is 0.468 e. The molecule has 1 aliphatic heterocycles. The number of hydrogen-bond acceptors (Lipinski definition) is 3. The van der Waals surface area contributed by atoms with Gasteiger partial charge in [0.1, 0.15) is 5.76 Å². The molecular formula is C15H17NO2. The number of nitrogens with one attached hydrogen (secondary N) is 1. The summed E-state index contributed by atoms with van der Waals surface area (Å²) in [5.74, 6) is 0.957. The second kappa shape index (κ2) is 4.96. The highest BCUT2D eigenvalue weighted by Gasteiger charge is 2.22. The summed E-state index contributed by atoms with van der Waals surface area (Å²) in [5.41, 5.74) is 2.61. The highest BCUT2D eigenvalue weighted by Crippen LogP contribution is 2.27. The van der Waals surface area contributed by atoms with Gasteiger partial charge in [0.15, 0.2) is 0 Å². The third-order valence-corrected chi connectivity index (χ3v) is 3.39. The predicted octanol–water partition coefficient (Wildman–Crippen LogP) is 3.20. The van der Waals surface area contributed by atoms with Crippen LogP contribution in [0.15, 0.2) is 47.1 Å². The Morgan fingerprint density at radius 1 is 1.22 bits per heavy atom. The minimum Gasteiger partial charge on any atom is -0.468 e. The highest BCUT2D eigenvalue weighted by molar-refractivity contribution is 5.31. The molecule has 0 amide bonds. The van der Waals surface area contributed by atoms with Gasteiger partial charge in [-0.15, -0.1) is 0 Å². The van der Waals surface area contributed by atoms with E-state index in [1.54, 1.807) is 6.26 Å². The monoisotopic (exact) mass is 243 g/mol. The molecule has 1 aromatic heterocycles. The van der Waals surface area contributed by atoms with Gasteiger partial charge in [-0.05, 0) is 30.2 Å². The van der Waals surface area contributed by atoms with Gasteiger partial charge in [-0.25, -0.2) is 0 Å². The molecule has 2 aromatic rings. The Bertz CT molecular complexity index is 507. The van der Waals surface area contributed by atoms with E-state index in [1.165, 1.54) is 11.1 Å². The summed E-state index contributed by atoms with van der Waals surface area (Å²) in [6, 6.07) is 12.8. The van der Waals surface area contributed by atoms with Gasteiger partial charge >= 0.3 is 0 Å². The molecule has 3 heteroatoms. The maximum Gasteiger partial charge on any atom is 0.120 e. The topological polar surface area (TPSA) is 34.4 Å². The molecule has 94 valence electrons. The van der Waals surface area contributed by atoms with E-state index < -0.39 is 0 Å². The normalized spacial score (nSPS) is 20.4. The van der Waals surface area contributed by atoms with Gasteiger partial charge in [0.25, 0.3) is 0 Å². The van der Waals surface area contributed by atoms with Crippen molar-refractivity contribution in [3.63, 3.8) is 0 Å². The second-order valence-electron chi connectivity index (χ2n) is 4.67. The van der Waals surface area contributed by atoms with Gasteiger partial charge in [-0.2, -0.15) is 0 Å². The van der Waals surface area contributed by atoms with Crippen LogP contribution in [0.2, 0.25) is 0 Å². The lowest BCUT2D eigenvalue weighted by Crippen LogP contribution is -2.31. The van der Waals surface area contributed by atoms with Crippen LogP contribution < -0.4 is 5.32 Å². The van der Waals surface area contributed by atoms with Gasteiger partial charge in [0, 0.05) is 0 Å². The fraction of sp³-hybridized carbons (Fsp3) is 0.333. The van der Waals surface area contributed by atoms with Crippen LogP contribution in [0.5, 0.6) is 0 Å². The van der Waals surface area contributed by atoms with E-state index in [9.17, 15) is 0 Å². The summed E-state index contributed by atoms with van der Waals surface area (Å²) in [5, 5.41) is 3.56. The second-order valence-corrected chi connectivity index (χ2v) is 4.67. The first-order valence-electron chi connectivity index (χ1n) is 6.29. The van der Waals surface area contributed by atoms with Crippen LogP contribution in [0.1, 0.15) is 35.9 Å². The molecule has 0 bridgehead atoms. The zero-order valence-corrected chi connectivity index (χ0v) is 10.4. The molecule has 0 fully saturated rings. The van der Waals surface area contributed by atoms with E-state index in [1.807, 2.05) is 12.1 Å². The molecule has 0 radical (unpaired) electrons. The fourth-order valence-electron chi connectivity index (χ4n) is 2.44. The van der Waals surface area contributed by atoms with E-state index in [0.29, 0.717) is 13.2 Å². The van der Waals surface area contributed by atoms with Crippen LogP contribution in [0, 0.1) is 0 Å². The Morgan fingerprint density at radius 2 is 2.11 bits per heavy atom. The first kappa shape index (κ1) is 11.5. The molecule has 0 saturated heterocycles. The van der Waals surface area contributed by atoms with Crippen molar-refractivity contribution in [3.05, 3.63) is 59.5 Å². The van der Waals surface area contributed by atoms with Gasteiger partial charge < -0.3 is 9.15 Å². The number of ether oxygens (including phenoxy) is 1. The summed E-state index contributed by atoms with van der Waals surface area (Å²) in [6.07, 6.45) is 1.71. The van der Waals surface area contributed by atoms with Crippen LogP contribution >= 0.6 is 0 Å². The average molecular weight is 243 g/mol. The standard InChI is InChI=1S/C15H17NO2/c1-11(15-7-4-8-18-15)16-14-10-17-9-12-5-2-3-6-13(12)14/h2-8,11,14,16H,9-10H2,1H3. The lowest BCUT2D eigenvalue weighted by atomic mass is 9.98. The van der Waals surface area contributed by atoms with Crippen molar-refractivity contribution < 1.29 is 9.15 Å². The summed E-state index contributed by atoms with van der Waals surface area (Å²) < 4.78 is 11.1. The molecule has 0 aliphatic carbocycles. The predicted molar refractivity (Wildman–Crippen MR) is 69.1 cm³/mol. The average Bonchev–Trinajstić information content (AvgIpc) is 2.93. The molecular weight excluding hydrogens is 226 g/mol. The number of hydrogen-bond donors (Lipinski definition) is 1. The molecule has 18 heavy (non-hydrogen) atoms. The Labute approximate surface area is 107 Å². The Hall–Kier alpha value is -1.58. The minimum absolute atomic E-state index is 0.180. The van der Waals surface area contributed by atoms with Crippen molar-refractivity contribution >= 4 is 0 Å². The smallest absolute Gasteiger partial charge is 0.120 e. The van der Waals surface area contributed by atoms with E-state index in [4.69, 9.17) is 9.15 Å². The quantitative estimate of drug-likeness (QED) is 0.899. The summed E-state index contributed by atoms with van der Waals surface area (Å²) in [6.45, 7) is 3.53. The first-order chi connectivity index (χ1) is 8.84. The third-order valence-electron chi connectivity index (χ3n) is 3.39. The van der Waals surface area contributed by atoms with Crippen molar-refractivity contribution in [2.45, 2.75) is 25.6 Å². The van der Waals surface area contributed by atoms with Crippen LogP contribution in [0.4, 0.5) is 0 Å². The summed E-state index contributed by atoms with van der Waals surface area (Å²) in [7, 11) is 0. The van der Waals surface area contributed by atoms with Gasteiger partial charge in [-0.1, -0.05) is 24.3 Å². The van der Waals surface area contributed by atoms with Crippen LogP contribution in [-0.2, 0) is 11.3 Å². The van der Waals surface area contributed by atoms with E-state index in [0.717, 1.165) is 5.76 Å². The molecule has 2 unspecified atom stereocenters. The van der Waals surface area contributed by atoms with E-state index >= 15 is 0 Å². The van der Waals surface area contributed by atoms with Crippen LogP contribution in [-0.4, -0.2) is 6.61 Å². The third kappa shape index (κ3) is 2.19. The molecule has 2 heterocycles. The number of benzene rings is 1. The Morgan fingerprint density at radius 3 is 2.94 bits per heavy atom. The van der Waals surface area contributed by atoms with Crippen molar-refractivity contribution in [2.24, 2.45) is 0 Å². The zero-order valence-electron chi connectivity index (χ0n) is 10.4. The molecule has 1 N–H and O–H groups in total. The number of furan rings is 1. The van der Waals surface area contributed by atoms with Gasteiger partial charge in [-0.3, -0.25) is 5.32 Å². The minimum atomic E-state index is 0.180. The van der Waals surface area contributed by atoms with E-state index in [-0.39, 0.29) is 12.1 Å². The molecule has 1 aliphatic rings. The first-order valence-corrected chi connectivity index (χ1v) is 6.29. The van der Waals surface area contributed by atoms with Gasteiger partial charge in [0.05, 0.1) is 31.6 Å². The Balaban J connectivity index is 1.78. The van der Waals surface area contributed by atoms with E-state index in [2.05, 4.69) is 36.5 Å². The molecule has 3 rings (SSSR count). The van der Waals surface area contributed by atoms with Crippen molar-refractivity contribution in [3.8, 4) is 0 Å². The van der Waals surface area contributed by atoms with Gasteiger partial charge in [0.2, 0.25) is 0 Å². The highest BCUT2D eigenvalue weighted by atomic mass is 16.5. The number of fused-ring (bicyclic) bond motifs is 1. The fourth-order valence-corrected chi connectivity index (χ4v) is 2.44. The lowest BCUT2D eigenvalue weighted by molar-refractivity contribution is 0.0782. The number of rotatable bonds is 3. The van der Waals surface area contributed by atoms with Crippen molar-refractivity contribution in [1.82, 2.24) is 5.32 Å². The molecule has 1 aromatic carbocycles. The zero-order chi connectivity index (χ0) is 12.4. The molecule has 0 spiro atoms.